The lowest BCUT2D eigenvalue weighted by molar-refractivity contribution is 0.274. The molecule has 0 spiro atoms. The summed E-state index contributed by atoms with van der Waals surface area (Å²) < 4.78 is 0. The molecule has 1 saturated carbocycles. The molecule has 3 nitrogen and oxygen atoms in total. The van der Waals surface area contributed by atoms with Gasteiger partial charge in [-0.25, -0.2) is 9.97 Å². The van der Waals surface area contributed by atoms with Crippen molar-refractivity contribution in [2.75, 3.05) is 11.9 Å². The molecule has 0 radical (unpaired) electrons. The van der Waals surface area contributed by atoms with Crippen LogP contribution in [-0.2, 0) is 0 Å². The second-order valence-electron chi connectivity index (χ2n) is 5.49. The van der Waals surface area contributed by atoms with Gasteiger partial charge in [0.15, 0.2) is 0 Å². The van der Waals surface area contributed by atoms with E-state index in [2.05, 4.69) is 22.2 Å². The lowest BCUT2D eigenvalue weighted by Gasteiger charge is -2.26. The van der Waals surface area contributed by atoms with Crippen LogP contribution in [0.1, 0.15) is 44.6 Å². The topological polar surface area (TPSA) is 37.8 Å². The van der Waals surface area contributed by atoms with Gasteiger partial charge >= 0.3 is 0 Å². The quantitative estimate of drug-likeness (QED) is 0.836. The molecule has 1 aliphatic rings. The van der Waals surface area contributed by atoms with Gasteiger partial charge in [-0.3, -0.25) is 0 Å². The average Bonchev–Trinajstić information content (AvgIpc) is 2.35. The summed E-state index contributed by atoms with van der Waals surface area (Å²) in [6, 6.07) is 0. The van der Waals surface area contributed by atoms with Crippen molar-refractivity contribution in [2.45, 2.75) is 46.0 Å². The first-order chi connectivity index (χ1) is 8.66. The fourth-order valence-electron chi connectivity index (χ4n) is 2.82. The van der Waals surface area contributed by atoms with Crippen LogP contribution in [0.3, 0.4) is 0 Å². The van der Waals surface area contributed by atoms with Crippen molar-refractivity contribution in [3.05, 3.63) is 17.0 Å². The Kier molecular flexibility index (Phi) is 4.81. The first-order valence-electron chi connectivity index (χ1n) is 6.87. The van der Waals surface area contributed by atoms with Crippen molar-refractivity contribution in [1.29, 1.82) is 0 Å². The number of nitrogens with one attached hydrogen (secondary N) is 1. The normalized spacial score (nSPS) is 23.9. The Bertz CT molecular complexity index is 395. The van der Waals surface area contributed by atoms with Crippen LogP contribution in [-0.4, -0.2) is 16.5 Å². The molecule has 1 N–H and O–H groups in total. The van der Waals surface area contributed by atoms with Gasteiger partial charge in [-0.1, -0.05) is 37.8 Å². The fourth-order valence-corrected chi connectivity index (χ4v) is 2.96. The Morgan fingerprint density at radius 2 is 2.22 bits per heavy atom. The molecule has 1 heterocycles. The maximum absolute atomic E-state index is 5.97. The van der Waals surface area contributed by atoms with Crippen molar-refractivity contribution < 1.29 is 0 Å². The van der Waals surface area contributed by atoms with Crippen LogP contribution in [0.25, 0.3) is 0 Å². The van der Waals surface area contributed by atoms with Gasteiger partial charge in [0, 0.05) is 12.1 Å². The van der Waals surface area contributed by atoms with Gasteiger partial charge in [0.25, 0.3) is 0 Å². The average molecular weight is 268 g/mol. The third kappa shape index (κ3) is 3.58. The van der Waals surface area contributed by atoms with E-state index in [9.17, 15) is 0 Å². The molecule has 0 amide bonds. The zero-order valence-electron chi connectivity index (χ0n) is 11.2. The molecule has 1 fully saturated rings. The standard InChI is InChI=1S/C14H22ClN3/c1-10-4-3-5-12(8-10)6-7-16-14-11(2)13(15)17-9-18-14/h9-10,12H,3-8H2,1-2H3,(H,16,17,18). The van der Waals surface area contributed by atoms with E-state index in [0.29, 0.717) is 5.15 Å². The van der Waals surface area contributed by atoms with Gasteiger partial charge in [0.05, 0.1) is 0 Å². The number of nitrogens with zero attached hydrogens (tertiary/aromatic N) is 2. The van der Waals surface area contributed by atoms with E-state index in [4.69, 9.17) is 11.6 Å². The first kappa shape index (κ1) is 13.6. The maximum Gasteiger partial charge on any atom is 0.137 e. The summed E-state index contributed by atoms with van der Waals surface area (Å²) in [5.41, 5.74) is 0.941. The highest BCUT2D eigenvalue weighted by Gasteiger charge is 2.18. The van der Waals surface area contributed by atoms with Crippen LogP contribution in [0.4, 0.5) is 5.82 Å². The van der Waals surface area contributed by atoms with Crippen molar-refractivity contribution in [3.63, 3.8) is 0 Å². The Labute approximate surface area is 114 Å². The van der Waals surface area contributed by atoms with E-state index < -0.39 is 0 Å². The Hall–Kier alpha value is -0.830. The highest BCUT2D eigenvalue weighted by molar-refractivity contribution is 6.30. The fraction of sp³-hybridized carbons (Fsp3) is 0.714. The van der Waals surface area contributed by atoms with Gasteiger partial charge in [0.1, 0.15) is 17.3 Å². The number of hydrogen-bond acceptors (Lipinski definition) is 3. The number of anilines is 1. The second kappa shape index (κ2) is 6.37. The number of halogens is 1. The maximum atomic E-state index is 5.97. The van der Waals surface area contributed by atoms with Gasteiger partial charge in [-0.2, -0.15) is 0 Å². The predicted molar refractivity (Wildman–Crippen MR) is 76.0 cm³/mol. The molecule has 2 rings (SSSR count). The molecule has 1 aromatic rings. The molecule has 4 heteroatoms. The first-order valence-corrected chi connectivity index (χ1v) is 7.25. The summed E-state index contributed by atoms with van der Waals surface area (Å²) in [6.07, 6.45) is 8.31. The summed E-state index contributed by atoms with van der Waals surface area (Å²) >= 11 is 5.97. The minimum absolute atomic E-state index is 0.541. The zero-order valence-corrected chi connectivity index (χ0v) is 12.0. The second-order valence-corrected chi connectivity index (χ2v) is 5.85. The third-order valence-corrected chi connectivity index (χ3v) is 4.29. The van der Waals surface area contributed by atoms with Gasteiger partial charge in [0.2, 0.25) is 0 Å². The van der Waals surface area contributed by atoms with E-state index >= 15 is 0 Å². The number of aromatic nitrogens is 2. The molecule has 0 aromatic carbocycles. The van der Waals surface area contributed by atoms with E-state index in [1.807, 2.05) is 6.92 Å². The SMILES string of the molecule is Cc1c(Cl)ncnc1NCCC1CCCC(C)C1. The summed E-state index contributed by atoms with van der Waals surface area (Å²) in [6.45, 7) is 5.30. The third-order valence-electron chi connectivity index (χ3n) is 3.91. The molecule has 1 aliphatic carbocycles. The molecule has 0 bridgehead atoms. The molecule has 0 aliphatic heterocycles. The molecule has 2 unspecified atom stereocenters. The molecule has 18 heavy (non-hydrogen) atoms. The minimum Gasteiger partial charge on any atom is -0.370 e. The monoisotopic (exact) mass is 267 g/mol. The van der Waals surface area contributed by atoms with Crippen LogP contribution in [0, 0.1) is 18.8 Å². The van der Waals surface area contributed by atoms with Gasteiger partial charge in [-0.05, 0) is 31.6 Å². The van der Waals surface area contributed by atoms with Crippen molar-refractivity contribution >= 4 is 17.4 Å². The Morgan fingerprint density at radius 1 is 1.39 bits per heavy atom. The molecule has 1 aromatic heterocycles. The van der Waals surface area contributed by atoms with Gasteiger partial charge < -0.3 is 5.32 Å². The van der Waals surface area contributed by atoms with Crippen LogP contribution in [0.15, 0.2) is 6.33 Å². The highest BCUT2D eigenvalue weighted by Crippen LogP contribution is 2.30. The summed E-state index contributed by atoms with van der Waals surface area (Å²) in [4.78, 5) is 8.19. The predicted octanol–water partition coefficient (Wildman–Crippen LogP) is 4.07. The van der Waals surface area contributed by atoms with Crippen molar-refractivity contribution in [1.82, 2.24) is 9.97 Å². The van der Waals surface area contributed by atoms with Crippen LogP contribution >= 0.6 is 11.6 Å². The molecular weight excluding hydrogens is 246 g/mol. The lowest BCUT2D eigenvalue weighted by Crippen LogP contribution is -2.17. The largest absolute Gasteiger partial charge is 0.370 e. The summed E-state index contributed by atoms with van der Waals surface area (Å²) in [5.74, 6) is 2.65. The number of hydrogen-bond donors (Lipinski definition) is 1. The highest BCUT2D eigenvalue weighted by atomic mass is 35.5. The van der Waals surface area contributed by atoms with Crippen LogP contribution in [0.2, 0.25) is 5.15 Å². The van der Waals surface area contributed by atoms with E-state index in [-0.39, 0.29) is 0 Å². The lowest BCUT2D eigenvalue weighted by atomic mass is 9.81. The number of rotatable bonds is 4. The van der Waals surface area contributed by atoms with E-state index in [1.165, 1.54) is 38.4 Å². The summed E-state index contributed by atoms with van der Waals surface area (Å²) in [7, 11) is 0. The van der Waals surface area contributed by atoms with Crippen LogP contribution < -0.4 is 5.32 Å². The summed E-state index contributed by atoms with van der Waals surface area (Å²) in [5, 5.41) is 3.92. The minimum atomic E-state index is 0.541. The molecule has 0 saturated heterocycles. The molecule has 2 atom stereocenters. The van der Waals surface area contributed by atoms with Crippen molar-refractivity contribution in [3.8, 4) is 0 Å². The van der Waals surface area contributed by atoms with Gasteiger partial charge in [-0.15, -0.1) is 0 Å². The smallest absolute Gasteiger partial charge is 0.137 e. The Morgan fingerprint density at radius 3 is 3.00 bits per heavy atom. The van der Waals surface area contributed by atoms with E-state index in [0.717, 1.165) is 29.8 Å². The zero-order chi connectivity index (χ0) is 13.0. The van der Waals surface area contributed by atoms with Crippen molar-refractivity contribution in [2.24, 2.45) is 11.8 Å². The van der Waals surface area contributed by atoms with E-state index in [1.54, 1.807) is 0 Å². The Balaban J connectivity index is 1.79. The molecular formula is C14H22ClN3. The molecule has 100 valence electrons. The van der Waals surface area contributed by atoms with Crippen LogP contribution in [0.5, 0.6) is 0 Å².